The zero-order chi connectivity index (χ0) is 10.7. The molecule has 2 aromatic heterocycles. The van der Waals surface area contributed by atoms with Crippen LogP contribution >= 0.6 is 0 Å². The molecule has 2 rings (SSSR count). The molecule has 0 unspecified atom stereocenters. The molecule has 0 aliphatic heterocycles. The van der Waals surface area contributed by atoms with Gasteiger partial charge in [0.1, 0.15) is 6.26 Å². The van der Waals surface area contributed by atoms with Gasteiger partial charge >= 0.3 is 5.97 Å². The number of nitrogens with zero attached hydrogens (tertiary/aromatic N) is 2. The Bertz CT molecular complexity index is 465. The van der Waals surface area contributed by atoms with Gasteiger partial charge in [0.2, 0.25) is 5.89 Å². The van der Waals surface area contributed by atoms with Gasteiger partial charge in [0.15, 0.2) is 0 Å². The Morgan fingerprint density at radius 1 is 1.47 bits per heavy atom. The molecule has 5 heteroatoms. The van der Waals surface area contributed by atoms with Crippen molar-refractivity contribution in [1.29, 1.82) is 0 Å². The van der Waals surface area contributed by atoms with Crippen molar-refractivity contribution in [3.63, 3.8) is 0 Å². The molecule has 0 spiro atoms. The summed E-state index contributed by atoms with van der Waals surface area (Å²) in [4.78, 5) is 19.3. The van der Waals surface area contributed by atoms with Gasteiger partial charge in [-0.1, -0.05) is 0 Å². The summed E-state index contributed by atoms with van der Waals surface area (Å²) in [7, 11) is 1.32. The number of carbonyl (C=O) groups is 1. The maximum absolute atomic E-state index is 11.4. The summed E-state index contributed by atoms with van der Waals surface area (Å²) in [6.07, 6.45) is 5.96. The first-order valence-electron chi connectivity index (χ1n) is 4.25. The van der Waals surface area contributed by atoms with Crippen LogP contribution in [0.25, 0.3) is 11.5 Å². The average Bonchev–Trinajstić information content (AvgIpc) is 2.81. The van der Waals surface area contributed by atoms with Gasteiger partial charge in [-0.05, 0) is 6.07 Å². The molecule has 0 amide bonds. The Hall–Kier alpha value is -2.17. The van der Waals surface area contributed by atoms with E-state index in [0.29, 0.717) is 17.0 Å². The highest BCUT2D eigenvalue weighted by atomic mass is 16.5. The second kappa shape index (κ2) is 3.91. The number of oxazole rings is 1. The first-order chi connectivity index (χ1) is 7.33. The molecule has 2 heterocycles. The summed E-state index contributed by atoms with van der Waals surface area (Å²) in [5.41, 5.74) is 0.907. The van der Waals surface area contributed by atoms with Crippen molar-refractivity contribution in [2.24, 2.45) is 0 Å². The van der Waals surface area contributed by atoms with Crippen LogP contribution in [0.4, 0.5) is 0 Å². The highest BCUT2D eigenvalue weighted by Crippen LogP contribution is 2.21. The molecule has 0 aromatic carbocycles. The number of pyridine rings is 1. The van der Waals surface area contributed by atoms with Gasteiger partial charge in [0, 0.05) is 12.4 Å². The van der Waals surface area contributed by atoms with Crippen molar-refractivity contribution in [2.45, 2.75) is 0 Å². The van der Waals surface area contributed by atoms with Crippen molar-refractivity contribution < 1.29 is 13.9 Å². The fraction of sp³-hybridized carbons (Fsp3) is 0.100. The van der Waals surface area contributed by atoms with Crippen molar-refractivity contribution in [3.05, 3.63) is 36.5 Å². The minimum atomic E-state index is -0.439. The first kappa shape index (κ1) is 9.39. The van der Waals surface area contributed by atoms with Gasteiger partial charge in [-0.25, -0.2) is 9.78 Å². The molecule has 76 valence electrons. The van der Waals surface area contributed by atoms with E-state index in [1.807, 2.05) is 0 Å². The Labute approximate surface area is 85.7 Å². The molecule has 0 fully saturated rings. The zero-order valence-corrected chi connectivity index (χ0v) is 8.01. The molecule has 0 saturated carbocycles. The average molecular weight is 204 g/mol. The topological polar surface area (TPSA) is 65.2 Å². The third-order valence-electron chi connectivity index (χ3n) is 1.89. The lowest BCUT2D eigenvalue weighted by molar-refractivity contribution is 0.0601. The van der Waals surface area contributed by atoms with Crippen LogP contribution in [-0.4, -0.2) is 23.0 Å². The van der Waals surface area contributed by atoms with E-state index >= 15 is 0 Å². The minimum absolute atomic E-state index is 0.350. The van der Waals surface area contributed by atoms with Crippen LogP contribution in [0.15, 0.2) is 35.3 Å². The quantitative estimate of drug-likeness (QED) is 0.694. The molecular weight excluding hydrogens is 196 g/mol. The van der Waals surface area contributed by atoms with Crippen molar-refractivity contribution >= 4 is 5.97 Å². The van der Waals surface area contributed by atoms with Gasteiger partial charge in [-0.3, -0.25) is 4.98 Å². The van der Waals surface area contributed by atoms with E-state index in [4.69, 9.17) is 4.42 Å². The molecular formula is C10H8N2O3. The number of methoxy groups -OCH3 is 1. The summed E-state index contributed by atoms with van der Waals surface area (Å²) in [5, 5.41) is 0. The van der Waals surface area contributed by atoms with Crippen LogP contribution in [-0.2, 0) is 4.74 Å². The van der Waals surface area contributed by atoms with E-state index in [2.05, 4.69) is 14.7 Å². The van der Waals surface area contributed by atoms with Gasteiger partial charge in [0.25, 0.3) is 0 Å². The Balaban J connectivity index is 2.52. The predicted molar refractivity (Wildman–Crippen MR) is 51.1 cm³/mol. The number of esters is 1. The van der Waals surface area contributed by atoms with E-state index in [0.717, 1.165) is 0 Å². The molecule has 0 saturated heterocycles. The highest BCUT2D eigenvalue weighted by molar-refractivity contribution is 5.95. The summed E-state index contributed by atoms with van der Waals surface area (Å²) in [6.45, 7) is 0. The van der Waals surface area contributed by atoms with Crippen LogP contribution in [0.1, 0.15) is 10.4 Å². The van der Waals surface area contributed by atoms with E-state index < -0.39 is 5.97 Å². The molecule has 0 aliphatic carbocycles. The van der Waals surface area contributed by atoms with Crippen LogP contribution < -0.4 is 0 Å². The molecule has 0 aliphatic rings. The number of aromatic nitrogens is 2. The minimum Gasteiger partial charge on any atom is -0.465 e. The lowest BCUT2D eigenvalue weighted by Crippen LogP contribution is -2.03. The monoisotopic (exact) mass is 204 g/mol. The molecule has 0 radical (unpaired) electrons. The molecule has 0 bridgehead atoms. The second-order valence-electron chi connectivity index (χ2n) is 2.75. The maximum atomic E-state index is 11.4. The zero-order valence-electron chi connectivity index (χ0n) is 8.01. The summed E-state index contributed by atoms with van der Waals surface area (Å²) < 4.78 is 9.73. The van der Waals surface area contributed by atoms with E-state index in [9.17, 15) is 4.79 Å². The third-order valence-corrected chi connectivity index (χ3v) is 1.89. The van der Waals surface area contributed by atoms with Crippen LogP contribution in [0.3, 0.4) is 0 Å². The fourth-order valence-electron chi connectivity index (χ4n) is 1.21. The molecule has 0 N–H and O–H groups in total. The number of hydrogen-bond donors (Lipinski definition) is 0. The van der Waals surface area contributed by atoms with Crippen molar-refractivity contribution in [1.82, 2.24) is 9.97 Å². The first-order valence-corrected chi connectivity index (χ1v) is 4.25. The summed E-state index contributed by atoms with van der Waals surface area (Å²) >= 11 is 0. The maximum Gasteiger partial charge on any atom is 0.338 e. The van der Waals surface area contributed by atoms with Crippen LogP contribution in [0.2, 0.25) is 0 Å². The van der Waals surface area contributed by atoms with Crippen molar-refractivity contribution in [2.75, 3.05) is 7.11 Å². The molecule has 5 nitrogen and oxygen atoms in total. The molecule has 0 atom stereocenters. The van der Waals surface area contributed by atoms with Crippen molar-refractivity contribution in [3.8, 4) is 11.5 Å². The number of carbonyl (C=O) groups excluding carboxylic acids is 1. The van der Waals surface area contributed by atoms with Gasteiger partial charge in [-0.2, -0.15) is 0 Å². The molecule has 15 heavy (non-hydrogen) atoms. The second-order valence-corrected chi connectivity index (χ2v) is 2.75. The van der Waals surface area contributed by atoms with Gasteiger partial charge in [0.05, 0.1) is 24.4 Å². The smallest absolute Gasteiger partial charge is 0.338 e. The van der Waals surface area contributed by atoms with Gasteiger partial charge in [-0.15, -0.1) is 0 Å². The predicted octanol–water partition coefficient (Wildman–Crippen LogP) is 1.52. The highest BCUT2D eigenvalue weighted by Gasteiger charge is 2.15. The van der Waals surface area contributed by atoms with E-state index in [1.165, 1.54) is 32.0 Å². The Morgan fingerprint density at radius 2 is 2.33 bits per heavy atom. The fourth-order valence-corrected chi connectivity index (χ4v) is 1.21. The summed E-state index contributed by atoms with van der Waals surface area (Å²) in [5.74, 6) is -0.0888. The van der Waals surface area contributed by atoms with E-state index in [-0.39, 0.29) is 0 Å². The largest absolute Gasteiger partial charge is 0.465 e. The lowest BCUT2D eigenvalue weighted by Gasteiger charge is -2.02. The molecule has 2 aromatic rings. The Morgan fingerprint density at radius 3 is 3.00 bits per heavy atom. The normalized spacial score (nSPS) is 9.93. The lowest BCUT2D eigenvalue weighted by atomic mass is 10.1. The standard InChI is InChI=1S/C10H8N2O3/c1-14-10(13)7-2-3-11-6-8(7)9-12-4-5-15-9/h2-6H,1H3. The SMILES string of the molecule is COC(=O)c1ccncc1-c1ncco1. The van der Waals surface area contributed by atoms with Crippen LogP contribution in [0.5, 0.6) is 0 Å². The third kappa shape index (κ3) is 1.71. The van der Waals surface area contributed by atoms with Gasteiger partial charge < -0.3 is 9.15 Å². The number of rotatable bonds is 2. The number of hydrogen-bond acceptors (Lipinski definition) is 5. The Kier molecular flexibility index (Phi) is 2.45. The van der Waals surface area contributed by atoms with E-state index in [1.54, 1.807) is 6.07 Å². The number of ether oxygens (including phenoxy) is 1. The summed E-state index contributed by atoms with van der Waals surface area (Å²) in [6, 6.07) is 1.56. The van der Waals surface area contributed by atoms with Crippen LogP contribution in [0, 0.1) is 0 Å².